The van der Waals surface area contributed by atoms with E-state index in [0.29, 0.717) is 0 Å². The first kappa shape index (κ1) is 4.12. The summed E-state index contributed by atoms with van der Waals surface area (Å²) in [5.41, 5.74) is 0. The minimum Gasteiger partial charge on any atom is -0.363 e. The van der Waals surface area contributed by atoms with Gasteiger partial charge >= 0.3 is 0 Å². The van der Waals surface area contributed by atoms with Gasteiger partial charge in [0.15, 0.2) is 4.74 Å². The maximum absolute atomic E-state index is 3.96. The van der Waals surface area contributed by atoms with Crippen molar-refractivity contribution in [1.82, 2.24) is 5.32 Å². The molecule has 1 rings (SSSR count). The van der Waals surface area contributed by atoms with Crippen molar-refractivity contribution in [3.8, 4) is 0 Å². The topological polar surface area (TPSA) is 24.4 Å². The molecule has 3 heteroatoms. The summed E-state index contributed by atoms with van der Waals surface area (Å²) in [7, 11) is 0. The van der Waals surface area contributed by atoms with Gasteiger partial charge in [0.1, 0.15) is 0 Å². The van der Waals surface area contributed by atoms with Gasteiger partial charge in [0.05, 0.1) is 6.54 Å². The number of rotatable bonds is 0. The zero-order valence-corrected chi connectivity index (χ0v) is 4.83. The summed E-state index contributed by atoms with van der Waals surface area (Å²) in [5.74, 6) is 0. The maximum Gasteiger partial charge on any atom is 0.165 e. The standard InChI is InChI=1S/C3H5BrN2/c4-3-5-1-2-6-3/h1-2H2,(H,5,6). The van der Waals surface area contributed by atoms with Gasteiger partial charge in [-0.25, -0.2) is 0 Å². The summed E-state index contributed by atoms with van der Waals surface area (Å²) < 4.78 is 0.891. The van der Waals surface area contributed by atoms with E-state index < -0.39 is 0 Å². The van der Waals surface area contributed by atoms with Crippen LogP contribution in [0.25, 0.3) is 0 Å². The largest absolute Gasteiger partial charge is 0.363 e. The lowest BCUT2D eigenvalue weighted by molar-refractivity contribution is 0.964. The molecule has 0 unspecified atom stereocenters. The molecule has 1 aliphatic rings. The lowest BCUT2D eigenvalue weighted by atomic mass is 10.7. The fraction of sp³-hybridized carbons (Fsp3) is 0.667. The Morgan fingerprint density at radius 3 is 2.83 bits per heavy atom. The number of hydrogen-bond acceptors (Lipinski definition) is 2. The number of amidine groups is 1. The summed E-state index contributed by atoms with van der Waals surface area (Å²) in [6.07, 6.45) is 0. The van der Waals surface area contributed by atoms with Crippen molar-refractivity contribution in [3.05, 3.63) is 0 Å². The molecule has 2 nitrogen and oxygen atoms in total. The van der Waals surface area contributed by atoms with Gasteiger partial charge in [0.2, 0.25) is 0 Å². The van der Waals surface area contributed by atoms with Gasteiger partial charge < -0.3 is 5.32 Å². The molecule has 0 atom stereocenters. The minimum atomic E-state index is 0.891. The van der Waals surface area contributed by atoms with E-state index >= 15 is 0 Å². The molecule has 0 aromatic rings. The van der Waals surface area contributed by atoms with Crippen molar-refractivity contribution in [2.75, 3.05) is 13.1 Å². The van der Waals surface area contributed by atoms with Crippen LogP contribution in [0.4, 0.5) is 0 Å². The zero-order chi connectivity index (χ0) is 4.41. The van der Waals surface area contributed by atoms with E-state index in [0.717, 1.165) is 17.8 Å². The van der Waals surface area contributed by atoms with Crippen LogP contribution in [-0.2, 0) is 0 Å². The van der Waals surface area contributed by atoms with E-state index in [1.54, 1.807) is 0 Å². The summed E-state index contributed by atoms with van der Waals surface area (Å²) >= 11 is 3.18. The lowest BCUT2D eigenvalue weighted by Gasteiger charge is -1.82. The first-order valence-corrected chi connectivity index (χ1v) is 2.63. The number of hydrogen-bond donors (Lipinski definition) is 1. The molecule has 1 heterocycles. The van der Waals surface area contributed by atoms with Crippen molar-refractivity contribution < 1.29 is 0 Å². The Hall–Kier alpha value is -0.0500. The van der Waals surface area contributed by atoms with Gasteiger partial charge in [-0.05, 0) is 15.9 Å². The van der Waals surface area contributed by atoms with Crippen molar-refractivity contribution in [1.29, 1.82) is 0 Å². The first-order valence-electron chi connectivity index (χ1n) is 1.83. The Morgan fingerprint density at radius 2 is 2.67 bits per heavy atom. The van der Waals surface area contributed by atoms with Crippen molar-refractivity contribution >= 4 is 20.7 Å². The molecule has 0 aromatic carbocycles. The van der Waals surface area contributed by atoms with E-state index in [-0.39, 0.29) is 0 Å². The van der Waals surface area contributed by atoms with Gasteiger partial charge in [-0.15, -0.1) is 0 Å². The molecule has 34 valence electrons. The van der Waals surface area contributed by atoms with Crippen LogP contribution in [0.15, 0.2) is 4.99 Å². The van der Waals surface area contributed by atoms with E-state index in [4.69, 9.17) is 0 Å². The van der Waals surface area contributed by atoms with E-state index in [2.05, 4.69) is 26.2 Å². The average molecular weight is 149 g/mol. The molecule has 0 saturated heterocycles. The Morgan fingerprint density at radius 1 is 1.83 bits per heavy atom. The number of halogens is 1. The molecular formula is C3H5BrN2. The third kappa shape index (κ3) is 0.712. The SMILES string of the molecule is BrC1=NCCN1. The molecule has 0 aromatic heterocycles. The molecule has 0 spiro atoms. The van der Waals surface area contributed by atoms with Crippen LogP contribution in [0.5, 0.6) is 0 Å². The highest BCUT2D eigenvalue weighted by molar-refractivity contribution is 9.18. The summed E-state index contributed by atoms with van der Waals surface area (Å²) in [6.45, 7) is 1.90. The fourth-order valence-electron chi connectivity index (χ4n) is 0.369. The second-order valence-corrected chi connectivity index (χ2v) is 1.85. The van der Waals surface area contributed by atoms with Gasteiger partial charge in [-0.1, -0.05) is 0 Å². The molecular weight excluding hydrogens is 144 g/mol. The smallest absolute Gasteiger partial charge is 0.165 e. The highest BCUT2D eigenvalue weighted by atomic mass is 79.9. The number of nitrogens with one attached hydrogen (secondary N) is 1. The zero-order valence-electron chi connectivity index (χ0n) is 3.24. The van der Waals surface area contributed by atoms with Gasteiger partial charge in [-0.3, -0.25) is 4.99 Å². The predicted octanol–water partition coefficient (Wildman–Crippen LogP) is 0.340. The normalized spacial score (nSPS) is 19.8. The fourth-order valence-corrected chi connectivity index (χ4v) is 0.745. The molecule has 0 amide bonds. The summed E-state index contributed by atoms with van der Waals surface area (Å²) in [4.78, 5) is 3.96. The third-order valence-electron chi connectivity index (χ3n) is 0.633. The number of aliphatic imine (C=N–C) groups is 1. The highest BCUT2D eigenvalue weighted by Crippen LogP contribution is 1.89. The Bertz CT molecular complexity index is 78.9. The molecule has 1 aliphatic heterocycles. The van der Waals surface area contributed by atoms with Crippen LogP contribution in [0.3, 0.4) is 0 Å². The molecule has 0 radical (unpaired) electrons. The molecule has 0 bridgehead atoms. The summed E-state index contributed by atoms with van der Waals surface area (Å²) in [6, 6.07) is 0. The van der Waals surface area contributed by atoms with Crippen molar-refractivity contribution in [2.24, 2.45) is 4.99 Å². The average Bonchev–Trinajstić information content (AvgIpc) is 1.86. The monoisotopic (exact) mass is 148 g/mol. The maximum atomic E-state index is 3.96. The Kier molecular flexibility index (Phi) is 1.10. The van der Waals surface area contributed by atoms with E-state index in [1.165, 1.54) is 0 Å². The molecule has 6 heavy (non-hydrogen) atoms. The minimum absolute atomic E-state index is 0.891. The highest BCUT2D eigenvalue weighted by Gasteiger charge is 1.95. The Labute approximate surface area is 44.8 Å². The second-order valence-electron chi connectivity index (χ2n) is 1.10. The van der Waals surface area contributed by atoms with Gasteiger partial charge in [0.25, 0.3) is 0 Å². The third-order valence-corrected chi connectivity index (χ3v) is 1.16. The van der Waals surface area contributed by atoms with Crippen LogP contribution in [-0.4, -0.2) is 17.8 Å². The second kappa shape index (κ2) is 1.60. The molecule has 0 fully saturated rings. The first-order chi connectivity index (χ1) is 2.89. The van der Waals surface area contributed by atoms with Gasteiger partial charge in [0, 0.05) is 6.54 Å². The number of nitrogens with zero attached hydrogens (tertiary/aromatic N) is 1. The van der Waals surface area contributed by atoms with Gasteiger partial charge in [-0.2, -0.15) is 0 Å². The predicted molar refractivity (Wildman–Crippen MR) is 29.2 cm³/mol. The quantitative estimate of drug-likeness (QED) is 0.493. The van der Waals surface area contributed by atoms with Crippen molar-refractivity contribution in [2.45, 2.75) is 0 Å². The van der Waals surface area contributed by atoms with Crippen LogP contribution in [0.1, 0.15) is 0 Å². The molecule has 0 aliphatic carbocycles. The van der Waals surface area contributed by atoms with Crippen LogP contribution < -0.4 is 5.32 Å². The summed E-state index contributed by atoms with van der Waals surface area (Å²) in [5, 5.41) is 2.99. The van der Waals surface area contributed by atoms with Crippen molar-refractivity contribution in [3.63, 3.8) is 0 Å². The van der Waals surface area contributed by atoms with Crippen LogP contribution >= 0.6 is 15.9 Å². The molecule has 0 saturated carbocycles. The Balaban J connectivity index is 2.45. The molecule has 1 N–H and O–H groups in total. The van der Waals surface area contributed by atoms with Crippen LogP contribution in [0.2, 0.25) is 0 Å². The van der Waals surface area contributed by atoms with E-state index in [9.17, 15) is 0 Å². The van der Waals surface area contributed by atoms with Crippen LogP contribution in [0, 0.1) is 0 Å². The lowest BCUT2D eigenvalue weighted by Crippen LogP contribution is -2.11. The van der Waals surface area contributed by atoms with E-state index in [1.807, 2.05) is 0 Å².